The lowest BCUT2D eigenvalue weighted by atomic mass is 10.0. The summed E-state index contributed by atoms with van der Waals surface area (Å²) in [6, 6.07) is 35.7. The fourth-order valence-corrected chi connectivity index (χ4v) is 4.13. The fraction of sp³-hybridized carbons (Fsp3) is 0.235. The molecule has 7 heteroatoms. The van der Waals surface area contributed by atoms with Crippen molar-refractivity contribution in [3.05, 3.63) is 135 Å². The minimum absolute atomic E-state index is 0.246. The summed E-state index contributed by atoms with van der Waals surface area (Å²) >= 11 is 6.76. The number of carboxylic acid groups (broad SMARTS) is 1. The van der Waals surface area contributed by atoms with Gasteiger partial charge in [0.25, 0.3) is 0 Å². The highest BCUT2D eigenvalue weighted by Crippen LogP contribution is 2.14. The van der Waals surface area contributed by atoms with Crippen molar-refractivity contribution in [2.75, 3.05) is 12.9 Å². The molecule has 0 atom stereocenters. The lowest BCUT2D eigenvalue weighted by Crippen LogP contribution is -2.03. The number of para-hydroxylation sites is 1. The van der Waals surface area contributed by atoms with Crippen molar-refractivity contribution in [3.8, 4) is 0 Å². The average Bonchev–Trinajstić information content (AvgIpc) is 2.97. The summed E-state index contributed by atoms with van der Waals surface area (Å²) in [7, 11) is -1.00. The SMILES string of the molecule is Nc1ccccc1.O=C(CCCc1ccc(Br)cc1)Cc1ccccc1.O=C(O)CCCc1ccc(Br)cc1.[2H]CF. The lowest BCUT2D eigenvalue weighted by molar-refractivity contribution is -0.137. The topological polar surface area (TPSA) is 80.4 Å². The zero-order chi connectivity index (χ0) is 31.0. The number of rotatable bonds is 10. The molecular formula is C34H38Br2FNO3. The number of carbonyl (C=O) groups excluding carboxylic acids is 1. The van der Waals surface area contributed by atoms with Gasteiger partial charge in [-0.05, 0) is 78.8 Å². The van der Waals surface area contributed by atoms with Crippen LogP contribution in [0, 0.1) is 0 Å². The normalized spacial score (nSPS) is 9.88. The van der Waals surface area contributed by atoms with Gasteiger partial charge in [-0.3, -0.25) is 14.0 Å². The van der Waals surface area contributed by atoms with Crippen LogP contribution in [-0.2, 0) is 28.9 Å². The van der Waals surface area contributed by atoms with Crippen LogP contribution in [-0.4, -0.2) is 24.0 Å². The summed E-state index contributed by atoms with van der Waals surface area (Å²) < 4.78 is 17.6. The fourth-order valence-electron chi connectivity index (χ4n) is 3.60. The number of hydrogen-bond acceptors (Lipinski definition) is 3. The molecule has 0 radical (unpaired) electrons. The number of aliphatic carboxylic acids is 1. The first kappa shape index (κ1) is 33.9. The molecule has 3 N–H and O–H groups in total. The Morgan fingerprint density at radius 3 is 1.51 bits per heavy atom. The van der Waals surface area contributed by atoms with Gasteiger partial charge in [-0.15, -0.1) is 0 Å². The van der Waals surface area contributed by atoms with Crippen LogP contribution < -0.4 is 5.73 Å². The van der Waals surface area contributed by atoms with E-state index in [1.54, 1.807) is 0 Å². The molecule has 0 unspecified atom stereocenters. The highest BCUT2D eigenvalue weighted by atomic mass is 79.9. The van der Waals surface area contributed by atoms with Crippen molar-refractivity contribution in [1.29, 1.82) is 0 Å². The average molecular weight is 688 g/mol. The maximum Gasteiger partial charge on any atom is 0.303 e. The van der Waals surface area contributed by atoms with Crippen LogP contribution in [0.25, 0.3) is 0 Å². The number of ketones is 1. The largest absolute Gasteiger partial charge is 0.481 e. The molecule has 4 aromatic carbocycles. The minimum Gasteiger partial charge on any atom is -0.481 e. The van der Waals surface area contributed by atoms with Crippen LogP contribution in [0.5, 0.6) is 0 Å². The highest BCUT2D eigenvalue weighted by molar-refractivity contribution is 9.10. The molecule has 0 spiro atoms. The molecule has 41 heavy (non-hydrogen) atoms. The molecule has 0 bridgehead atoms. The van der Waals surface area contributed by atoms with E-state index in [9.17, 15) is 14.0 Å². The molecule has 4 nitrogen and oxygen atoms in total. The molecule has 0 fully saturated rings. The minimum atomic E-state index is -1.00. The van der Waals surface area contributed by atoms with Crippen LogP contribution in [0.1, 0.15) is 43.7 Å². The van der Waals surface area contributed by atoms with Gasteiger partial charge in [0.2, 0.25) is 0 Å². The van der Waals surface area contributed by atoms with E-state index >= 15 is 0 Å². The van der Waals surface area contributed by atoms with Crippen LogP contribution in [0.3, 0.4) is 0 Å². The number of hydrogen-bond donors (Lipinski definition) is 2. The number of carbonyl (C=O) groups is 2. The third-order valence-corrected chi connectivity index (χ3v) is 6.70. The molecule has 4 rings (SSSR count). The van der Waals surface area contributed by atoms with E-state index in [0.717, 1.165) is 39.5 Å². The second-order valence-corrected chi connectivity index (χ2v) is 10.8. The van der Waals surface area contributed by atoms with E-state index in [1.807, 2.05) is 97.1 Å². The second-order valence-electron chi connectivity index (χ2n) is 8.97. The summed E-state index contributed by atoms with van der Waals surface area (Å²) in [6.07, 6.45) is 4.89. The van der Waals surface area contributed by atoms with Crippen molar-refractivity contribution >= 4 is 49.3 Å². The standard InChI is InChI=1S/C17H17BrO.C10H11BrO2.C6H7N.CH3F/c18-16-11-9-14(10-12-16)7-4-8-17(19)13-15-5-2-1-3-6-15;11-9-6-4-8(5-7-9)2-1-3-10(12)13;7-6-4-2-1-3-5-6;1-2/h1-3,5-6,9-12H,4,7-8,13H2;4-7H,1-3H2,(H,12,13);1-5H,7H2;1H3/i;;;1D. The van der Waals surface area contributed by atoms with Gasteiger partial charge in [-0.1, -0.05) is 105 Å². The van der Waals surface area contributed by atoms with Crippen LogP contribution >= 0.6 is 31.9 Å². The summed E-state index contributed by atoms with van der Waals surface area (Å²) in [5.74, 6) is -0.402. The molecule has 0 aromatic heterocycles. The Bertz CT molecular complexity index is 1260. The molecule has 0 amide bonds. The molecule has 0 aliphatic heterocycles. The Morgan fingerprint density at radius 1 is 0.707 bits per heavy atom. The summed E-state index contributed by atoms with van der Waals surface area (Å²) in [5.41, 5.74) is 9.76. The van der Waals surface area contributed by atoms with Crippen molar-refractivity contribution in [1.82, 2.24) is 0 Å². The highest BCUT2D eigenvalue weighted by Gasteiger charge is 2.04. The molecule has 0 aliphatic rings. The molecule has 0 aliphatic carbocycles. The van der Waals surface area contributed by atoms with Crippen LogP contribution in [0.15, 0.2) is 118 Å². The number of Topliss-reactive ketones (excluding diaryl/α,β-unsaturated/α-hetero) is 1. The first-order chi connectivity index (χ1) is 20.2. The second kappa shape index (κ2) is 22.4. The molecule has 218 valence electrons. The Balaban J connectivity index is 0.000000330. The summed E-state index contributed by atoms with van der Waals surface area (Å²) in [5, 5.41) is 8.43. The summed E-state index contributed by atoms with van der Waals surface area (Å²) in [6.45, 7) is 0. The van der Waals surface area contributed by atoms with E-state index in [0.29, 0.717) is 25.0 Å². The van der Waals surface area contributed by atoms with E-state index in [1.165, 1.54) is 11.1 Å². The van der Waals surface area contributed by atoms with Crippen LogP contribution in [0.2, 0.25) is 0 Å². The monoisotopic (exact) mass is 686 g/mol. The number of carboxylic acids is 1. The number of alkyl halides is 1. The zero-order valence-electron chi connectivity index (χ0n) is 24.0. The molecular weight excluding hydrogens is 649 g/mol. The Morgan fingerprint density at radius 2 is 1.12 bits per heavy atom. The van der Waals surface area contributed by atoms with Gasteiger partial charge in [0, 0.05) is 33.9 Å². The quantitative estimate of drug-likeness (QED) is 0.163. The predicted molar refractivity (Wildman–Crippen MR) is 175 cm³/mol. The third-order valence-electron chi connectivity index (χ3n) is 5.65. The molecule has 0 saturated heterocycles. The van der Waals surface area contributed by atoms with Gasteiger partial charge in [-0.25, -0.2) is 0 Å². The van der Waals surface area contributed by atoms with E-state index in [-0.39, 0.29) is 6.42 Å². The molecule has 0 heterocycles. The van der Waals surface area contributed by atoms with Gasteiger partial charge >= 0.3 is 5.97 Å². The molecule has 4 aromatic rings. The van der Waals surface area contributed by atoms with Gasteiger partial charge in [0.1, 0.15) is 5.78 Å². The van der Waals surface area contributed by atoms with E-state index in [4.69, 9.17) is 12.2 Å². The van der Waals surface area contributed by atoms with Gasteiger partial charge in [0.15, 0.2) is 0 Å². The van der Waals surface area contributed by atoms with E-state index < -0.39 is 13.1 Å². The number of anilines is 1. The predicted octanol–water partition coefficient (Wildman–Crippen LogP) is 9.29. The smallest absolute Gasteiger partial charge is 0.303 e. The van der Waals surface area contributed by atoms with Gasteiger partial charge in [-0.2, -0.15) is 0 Å². The first-order valence-corrected chi connectivity index (χ1v) is 14.7. The van der Waals surface area contributed by atoms with Crippen LogP contribution in [0.4, 0.5) is 10.1 Å². The van der Waals surface area contributed by atoms with Crippen molar-refractivity contribution in [2.24, 2.45) is 0 Å². The third kappa shape index (κ3) is 18.6. The first-order valence-electron chi connectivity index (χ1n) is 13.9. The molecule has 0 saturated carbocycles. The Kier molecular flexibility index (Phi) is 18.5. The number of nitrogen functional groups attached to an aromatic ring is 1. The Hall–Kier alpha value is -3.29. The number of benzene rings is 4. The van der Waals surface area contributed by atoms with Crippen molar-refractivity contribution < 1.29 is 20.5 Å². The van der Waals surface area contributed by atoms with Gasteiger partial charge in [0.05, 0.1) is 8.52 Å². The number of nitrogens with two attached hydrogens (primary N) is 1. The van der Waals surface area contributed by atoms with Crippen molar-refractivity contribution in [2.45, 2.75) is 44.9 Å². The zero-order valence-corrected chi connectivity index (χ0v) is 26.2. The van der Waals surface area contributed by atoms with Gasteiger partial charge < -0.3 is 10.8 Å². The maximum atomic E-state index is 11.8. The number of halogens is 3. The summed E-state index contributed by atoms with van der Waals surface area (Å²) in [4.78, 5) is 22.1. The number of aryl methyl sites for hydroxylation is 2. The van der Waals surface area contributed by atoms with E-state index in [2.05, 4.69) is 44.0 Å². The lowest BCUT2D eigenvalue weighted by Gasteiger charge is -2.03. The maximum absolute atomic E-state index is 11.8. The Labute approximate surface area is 261 Å². The van der Waals surface area contributed by atoms with Crippen molar-refractivity contribution in [3.63, 3.8) is 0 Å².